The van der Waals surface area contributed by atoms with E-state index in [1.165, 1.54) is 0 Å². The summed E-state index contributed by atoms with van der Waals surface area (Å²) >= 11 is 0. The number of nitrogens with zero attached hydrogens (tertiary/aromatic N) is 1. The van der Waals surface area contributed by atoms with Gasteiger partial charge in [-0.25, -0.2) is 0 Å². The van der Waals surface area contributed by atoms with Crippen molar-refractivity contribution in [1.29, 1.82) is 0 Å². The SMILES string of the molecule is C[C@H](CCO)C[N+](=O)[O-]. The molecular formula is C5H11NO3. The quantitative estimate of drug-likeness (QED) is 0.442. The summed E-state index contributed by atoms with van der Waals surface area (Å²) in [6, 6.07) is 0. The molecule has 9 heavy (non-hydrogen) atoms. The second kappa shape index (κ2) is 4.26. The zero-order valence-electron chi connectivity index (χ0n) is 5.41. The van der Waals surface area contributed by atoms with Crippen LogP contribution in [-0.4, -0.2) is 23.2 Å². The van der Waals surface area contributed by atoms with Gasteiger partial charge in [0, 0.05) is 17.4 Å². The van der Waals surface area contributed by atoms with Gasteiger partial charge in [-0.3, -0.25) is 10.1 Å². The molecule has 0 aliphatic heterocycles. The third-order valence-corrected chi connectivity index (χ3v) is 1.08. The van der Waals surface area contributed by atoms with Gasteiger partial charge < -0.3 is 5.11 Å². The largest absolute Gasteiger partial charge is 0.396 e. The highest BCUT2D eigenvalue weighted by Crippen LogP contribution is 1.99. The third-order valence-electron chi connectivity index (χ3n) is 1.08. The average molecular weight is 133 g/mol. The lowest BCUT2D eigenvalue weighted by molar-refractivity contribution is -0.487. The van der Waals surface area contributed by atoms with Gasteiger partial charge in [0.05, 0.1) is 0 Å². The number of hydrogen-bond donors (Lipinski definition) is 1. The standard InChI is InChI=1S/C5H11NO3/c1-5(2-3-7)4-6(8)9/h5,7H,2-4H2,1H3/t5-/m1/s1. The van der Waals surface area contributed by atoms with E-state index < -0.39 is 0 Å². The Kier molecular flexibility index (Phi) is 3.96. The predicted molar refractivity (Wildman–Crippen MR) is 32.7 cm³/mol. The van der Waals surface area contributed by atoms with Crippen molar-refractivity contribution < 1.29 is 10.0 Å². The second-order valence-corrected chi connectivity index (χ2v) is 2.13. The van der Waals surface area contributed by atoms with E-state index in [9.17, 15) is 10.1 Å². The molecule has 0 radical (unpaired) electrons. The number of rotatable bonds is 4. The Bertz CT molecular complexity index is 94.2. The molecule has 4 heteroatoms. The molecule has 54 valence electrons. The van der Waals surface area contributed by atoms with E-state index >= 15 is 0 Å². The Morgan fingerprint density at radius 3 is 2.67 bits per heavy atom. The van der Waals surface area contributed by atoms with Crippen molar-refractivity contribution in [3.8, 4) is 0 Å². The van der Waals surface area contributed by atoms with Crippen LogP contribution in [0, 0.1) is 16.0 Å². The van der Waals surface area contributed by atoms with Gasteiger partial charge in [0.25, 0.3) is 0 Å². The minimum atomic E-state index is -0.361. The normalized spacial score (nSPS) is 13.1. The smallest absolute Gasteiger partial charge is 0.206 e. The maximum atomic E-state index is 9.81. The summed E-state index contributed by atoms with van der Waals surface area (Å²) in [4.78, 5) is 9.45. The van der Waals surface area contributed by atoms with E-state index in [-0.39, 0.29) is 24.0 Å². The Labute approximate surface area is 53.6 Å². The predicted octanol–water partition coefficient (Wildman–Crippen LogP) is 0.282. The first-order chi connectivity index (χ1) is 4.16. The molecule has 0 fully saturated rings. The van der Waals surface area contributed by atoms with Crippen LogP contribution in [0.3, 0.4) is 0 Å². The molecule has 0 aromatic carbocycles. The van der Waals surface area contributed by atoms with Crippen LogP contribution < -0.4 is 0 Å². The van der Waals surface area contributed by atoms with Gasteiger partial charge in [0.1, 0.15) is 0 Å². The van der Waals surface area contributed by atoms with Crippen LogP contribution in [0.1, 0.15) is 13.3 Å². The molecule has 0 saturated heterocycles. The van der Waals surface area contributed by atoms with Gasteiger partial charge in [0.15, 0.2) is 0 Å². The Morgan fingerprint density at radius 2 is 2.33 bits per heavy atom. The van der Waals surface area contributed by atoms with Crippen molar-refractivity contribution in [2.45, 2.75) is 13.3 Å². The number of hydrogen-bond acceptors (Lipinski definition) is 3. The van der Waals surface area contributed by atoms with E-state index in [0.717, 1.165) is 0 Å². The molecule has 1 atom stereocenters. The van der Waals surface area contributed by atoms with E-state index in [0.29, 0.717) is 6.42 Å². The second-order valence-electron chi connectivity index (χ2n) is 2.13. The van der Waals surface area contributed by atoms with Gasteiger partial charge in [-0.1, -0.05) is 6.92 Å². The third kappa shape index (κ3) is 5.23. The summed E-state index contributed by atoms with van der Waals surface area (Å²) in [5.74, 6) is -0.00926. The van der Waals surface area contributed by atoms with Gasteiger partial charge in [0.2, 0.25) is 6.54 Å². The highest BCUT2D eigenvalue weighted by molar-refractivity contribution is 4.47. The molecule has 0 rings (SSSR count). The molecule has 0 aromatic heterocycles. The molecular weight excluding hydrogens is 122 g/mol. The van der Waals surface area contributed by atoms with Crippen LogP contribution >= 0.6 is 0 Å². The van der Waals surface area contributed by atoms with Crippen LogP contribution in [0.25, 0.3) is 0 Å². The minimum Gasteiger partial charge on any atom is -0.396 e. The minimum absolute atomic E-state index is 0.00926. The molecule has 0 aliphatic carbocycles. The summed E-state index contributed by atoms with van der Waals surface area (Å²) in [6.45, 7) is 1.74. The summed E-state index contributed by atoms with van der Waals surface area (Å²) in [6.07, 6.45) is 0.515. The van der Waals surface area contributed by atoms with Crippen molar-refractivity contribution in [2.75, 3.05) is 13.2 Å². The summed E-state index contributed by atoms with van der Waals surface area (Å²) in [7, 11) is 0. The molecule has 0 aliphatic rings. The zero-order chi connectivity index (χ0) is 7.28. The van der Waals surface area contributed by atoms with Crippen LogP contribution in [-0.2, 0) is 0 Å². The monoisotopic (exact) mass is 133 g/mol. The fourth-order valence-corrected chi connectivity index (χ4v) is 0.566. The van der Waals surface area contributed by atoms with Gasteiger partial charge in [-0.2, -0.15) is 0 Å². The Hall–Kier alpha value is -0.640. The topological polar surface area (TPSA) is 63.4 Å². The zero-order valence-corrected chi connectivity index (χ0v) is 5.41. The maximum Gasteiger partial charge on any atom is 0.206 e. The summed E-state index contributed by atoms with van der Waals surface area (Å²) in [5, 5.41) is 18.1. The van der Waals surface area contributed by atoms with Crippen LogP contribution in [0.15, 0.2) is 0 Å². The lowest BCUT2D eigenvalue weighted by atomic mass is 10.1. The fourth-order valence-electron chi connectivity index (χ4n) is 0.566. The molecule has 0 heterocycles. The van der Waals surface area contributed by atoms with E-state index in [4.69, 9.17) is 5.11 Å². The summed E-state index contributed by atoms with van der Waals surface area (Å²) < 4.78 is 0. The van der Waals surface area contributed by atoms with Crippen LogP contribution in [0.4, 0.5) is 0 Å². The molecule has 0 unspecified atom stereocenters. The van der Waals surface area contributed by atoms with Gasteiger partial charge in [-0.05, 0) is 6.42 Å². The van der Waals surface area contributed by atoms with Gasteiger partial charge >= 0.3 is 0 Å². The first-order valence-corrected chi connectivity index (χ1v) is 2.89. The summed E-state index contributed by atoms with van der Waals surface area (Å²) in [5.41, 5.74) is 0. The molecule has 0 aromatic rings. The highest BCUT2D eigenvalue weighted by Gasteiger charge is 2.06. The maximum absolute atomic E-state index is 9.81. The molecule has 0 saturated carbocycles. The van der Waals surface area contributed by atoms with Crippen LogP contribution in [0.5, 0.6) is 0 Å². The lowest BCUT2D eigenvalue weighted by Crippen LogP contribution is -2.11. The van der Waals surface area contributed by atoms with Gasteiger partial charge in [-0.15, -0.1) is 0 Å². The van der Waals surface area contributed by atoms with E-state index in [1.807, 2.05) is 0 Å². The van der Waals surface area contributed by atoms with E-state index in [1.54, 1.807) is 6.92 Å². The lowest BCUT2D eigenvalue weighted by Gasteiger charge is -2.01. The van der Waals surface area contributed by atoms with E-state index in [2.05, 4.69) is 0 Å². The number of nitro groups is 1. The van der Waals surface area contributed by atoms with Crippen molar-refractivity contribution >= 4 is 0 Å². The highest BCUT2D eigenvalue weighted by atomic mass is 16.6. The van der Waals surface area contributed by atoms with Crippen molar-refractivity contribution in [2.24, 2.45) is 5.92 Å². The molecule has 0 amide bonds. The Morgan fingerprint density at radius 1 is 1.78 bits per heavy atom. The molecule has 0 spiro atoms. The number of aliphatic hydroxyl groups excluding tert-OH is 1. The van der Waals surface area contributed by atoms with Crippen molar-refractivity contribution in [3.05, 3.63) is 10.1 Å². The first-order valence-electron chi connectivity index (χ1n) is 2.89. The van der Waals surface area contributed by atoms with Crippen molar-refractivity contribution in [3.63, 3.8) is 0 Å². The molecule has 1 N–H and O–H groups in total. The fraction of sp³-hybridized carbons (Fsp3) is 1.00. The average Bonchev–Trinajstić information content (AvgIpc) is 1.63. The van der Waals surface area contributed by atoms with Crippen LogP contribution in [0.2, 0.25) is 0 Å². The Balaban J connectivity index is 3.26. The number of aliphatic hydroxyl groups is 1. The molecule has 4 nitrogen and oxygen atoms in total. The van der Waals surface area contributed by atoms with Crippen molar-refractivity contribution in [1.82, 2.24) is 0 Å². The first kappa shape index (κ1) is 8.36. The molecule has 0 bridgehead atoms.